The van der Waals surface area contributed by atoms with Crippen LogP contribution in [-0.4, -0.2) is 56.1 Å². The van der Waals surface area contributed by atoms with E-state index >= 15 is 0 Å². The highest BCUT2D eigenvalue weighted by Gasteiger charge is 2.37. The van der Waals surface area contributed by atoms with Crippen molar-refractivity contribution < 1.29 is 17.9 Å². The average Bonchev–Trinajstić information content (AvgIpc) is 3.04. The molecule has 1 aromatic carbocycles. The van der Waals surface area contributed by atoms with Gasteiger partial charge in [0.1, 0.15) is 12.4 Å². The molecule has 1 saturated heterocycles. The molecule has 6 nitrogen and oxygen atoms in total. The summed E-state index contributed by atoms with van der Waals surface area (Å²) < 4.78 is 29.5. The molecule has 1 fully saturated rings. The van der Waals surface area contributed by atoms with Crippen LogP contribution in [0.15, 0.2) is 18.2 Å². The SMILES string of the molecule is CC1C(C)S(=O)(=O)CCN1C(=O)NCCOc1ccc2c(c1)CCC2. The molecule has 2 atom stereocenters. The molecule has 0 radical (unpaired) electrons. The number of rotatable bonds is 4. The van der Waals surface area contributed by atoms with Gasteiger partial charge in [-0.1, -0.05) is 6.07 Å². The molecule has 138 valence electrons. The Bertz CT molecular complexity index is 747. The molecule has 0 saturated carbocycles. The van der Waals surface area contributed by atoms with Crippen LogP contribution in [0.4, 0.5) is 4.79 Å². The highest BCUT2D eigenvalue weighted by atomic mass is 32.2. The number of benzene rings is 1. The van der Waals surface area contributed by atoms with Crippen molar-refractivity contribution in [1.29, 1.82) is 0 Å². The maximum Gasteiger partial charge on any atom is 0.317 e. The number of fused-ring (bicyclic) bond motifs is 1. The van der Waals surface area contributed by atoms with Crippen LogP contribution in [0.1, 0.15) is 31.4 Å². The van der Waals surface area contributed by atoms with Crippen LogP contribution < -0.4 is 10.1 Å². The van der Waals surface area contributed by atoms with E-state index < -0.39 is 15.1 Å². The van der Waals surface area contributed by atoms with E-state index in [1.807, 2.05) is 6.07 Å². The molecule has 1 aromatic rings. The normalized spacial score (nSPS) is 24.6. The van der Waals surface area contributed by atoms with Gasteiger partial charge in [0.25, 0.3) is 0 Å². The van der Waals surface area contributed by atoms with Gasteiger partial charge < -0.3 is 15.0 Å². The van der Waals surface area contributed by atoms with Crippen LogP contribution in [-0.2, 0) is 22.7 Å². The Morgan fingerprint density at radius 1 is 1.28 bits per heavy atom. The summed E-state index contributed by atoms with van der Waals surface area (Å²) in [6.07, 6.45) is 3.46. The van der Waals surface area contributed by atoms with E-state index in [0.717, 1.165) is 18.6 Å². The fourth-order valence-corrected chi connectivity index (χ4v) is 5.09. The number of amides is 2. The van der Waals surface area contributed by atoms with Crippen LogP contribution in [0.25, 0.3) is 0 Å². The topological polar surface area (TPSA) is 75.7 Å². The number of nitrogens with one attached hydrogen (secondary N) is 1. The van der Waals surface area contributed by atoms with Crippen molar-refractivity contribution in [3.05, 3.63) is 29.3 Å². The van der Waals surface area contributed by atoms with Gasteiger partial charge in [0, 0.05) is 12.6 Å². The number of urea groups is 1. The van der Waals surface area contributed by atoms with Crippen LogP contribution in [0.3, 0.4) is 0 Å². The van der Waals surface area contributed by atoms with Crippen molar-refractivity contribution >= 4 is 15.9 Å². The number of sulfone groups is 1. The Kier molecular flexibility index (Phi) is 5.22. The first kappa shape index (κ1) is 18.0. The minimum absolute atomic E-state index is 0.0253. The Morgan fingerprint density at radius 3 is 2.84 bits per heavy atom. The highest BCUT2D eigenvalue weighted by molar-refractivity contribution is 7.92. The third-order valence-electron chi connectivity index (χ3n) is 5.33. The lowest BCUT2D eigenvalue weighted by Crippen LogP contribution is -2.57. The molecule has 25 heavy (non-hydrogen) atoms. The predicted molar refractivity (Wildman–Crippen MR) is 96.8 cm³/mol. The van der Waals surface area contributed by atoms with Gasteiger partial charge in [-0.25, -0.2) is 13.2 Å². The summed E-state index contributed by atoms with van der Waals surface area (Å²) in [5.41, 5.74) is 2.77. The Balaban J connectivity index is 1.45. The average molecular weight is 366 g/mol. The molecule has 0 bridgehead atoms. The molecule has 2 amide bonds. The maximum absolute atomic E-state index is 12.3. The largest absolute Gasteiger partial charge is 0.492 e. The molecule has 0 aromatic heterocycles. The second-order valence-electron chi connectivity index (χ2n) is 6.87. The quantitative estimate of drug-likeness (QED) is 0.824. The lowest BCUT2D eigenvalue weighted by molar-refractivity contribution is 0.175. The molecule has 7 heteroatoms. The number of aryl methyl sites for hydroxylation is 2. The standard InChI is InChI=1S/C18H26N2O4S/c1-13-14(2)25(22,23)11-9-20(13)18(21)19-8-10-24-17-7-6-15-4-3-5-16(15)12-17/h6-7,12-14H,3-5,8-11H2,1-2H3,(H,19,21). The third kappa shape index (κ3) is 3.92. The van der Waals surface area contributed by atoms with E-state index in [-0.39, 0.29) is 24.4 Å². The monoisotopic (exact) mass is 366 g/mol. The molecule has 2 aliphatic rings. The zero-order chi connectivity index (χ0) is 18.0. The summed E-state index contributed by atoms with van der Waals surface area (Å²) in [6, 6.07) is 5.63. The van der Waals surface area contributed by atoms with Gasteiger partial charge in [0.15, 0.2) is 9.84 Å². The molecule has 2 unspecified atom stereocenters. The highest BCUT2D eigenvalue weighted by Crippen LogP contribution is 2.26. The van der Waals surface area contributed by atoms with E-state index in [0.29, 0.717) is 13.2 Å². The Labute approximate surface area is 149 Å². The summed E-state index contributed by atoms with van der Waals surface area (Å²) in [6.45, 7) is 4.46. The number of carbonyl (C=O) groups excluding carboxylic acids is 1. The van der Waals surface area contributed by atoms with Crippen LogP contribution in [0.5, 0.6) is 5.75 Å². The Morgan fingerprint density at radius 2 is 2.04 bits per heavy atom. The van der Waals surface area contributed by atoms with Crippen molar-refractivity contribution in [2.75, 3.05) is 25.4 Å². The van der Waals surface area contributed by atoms with Gasteiger partial charge in [-0.15, -0.1) is 0 Å². The number of hydrogen-bond donors (Lipinski definition) is 1. The van der Waals surface area contributed by atoms with Crippen LogP contribution in [0, 0.1) is 0 Å². The lowest BCUT2D eigenvalue weighted by atomic mass is 10.1. The Hall–Kier alpha value is -1.76. The fourth-order valence-electron chi connectivity index (χ4n) is 3.52. The molecule has 1 heterocycles. The van der Waals surface area contributed by atoms with E-state index in [4.69, 9.17) is 4.74 Å². The van der Waals surface area contributed by atoms with Crippen LogP contribution >= 0.6 is 0 Å². The zero-order valence-corrected chi connectivity index (χ0v) is 15.6. The van der Waals surface area contributed by atoms with Gasteiger partial charge in [-0.05, 0) is 56.4 Å². The molecule has 3 rings (SSSR count). The van der Waals surface area contributed by atoms with Gasteiger partial charge in [0.05, 0.1) is 17.5 Å². The number of nitrogens with zero attached hydrogens (tertiary/aromatic N) is 1. The van der Waals surface area contributed by atoms with Gasteiger partial charge >= 0.3 is 6.03 Å². The molecule has 1 aliphatic carbocycles. The minimum atomic E-state index is -3.09. The van der Waals surface area contributed by atoms with Crippen molar-refractivity contribution in [3.63, 3.8) is 0 Å². The second-order valence-corrected chi connectivity index (χ2v) is 9.35. The molecule has 1 N–H and O–H groups in total. The van der Waals surface area contributed by atoms with Gasteiger partial charge in [-0.2, -0.15) is 0 Å². The smallest absolute Gasteiger partial charge is 0.317 e. The van der Waals surface area contributed by atoms with Crippen molar-refractivity contribution in [3.8, 4) is 5.75 Å². The summed E-state index contributed by atoms with van der Waals surface area (Å²) in [4.78, 5) is 13.9. The zero-order valence-electron chi connectivity index (χ0n) is 14.8. The minimum Gasteiger partial charge on any atom is -0.492 e. The first-order valence-corrected chi connectivity index (χ1v) is 10.6. The van der Waals surface area contributed by atoms with Gasteiger partial charge in [0.2, 0.25) is 0 Å². The molecular formula is C18H26N2O4S. The summed E-state index contributed by atoms with van der Waals surface area (Å²) in [5.74, 6) is 0.860. The maximum atomic E-state index is 12.3. The van der Waals surface area contributed by atoms with E-state index in [2.05, 4.69) is 17.4 Å². The van der Waals surface area contributed by atoms with E-state index in [1.165, 1.54) is 17.5 Å². The van der Waals surface area contributed by atoms with Crippen LogP contribution in [0.2, 0.25) is 0 Å². The summed E-state index contributed by atoms with van der Waals surface area (Å²) in [7, 11) is -3.09. The molecule has 0 spiro atoms. The van der Waals surface area contributed by atoms with Crippen molar-refractivity contribution in [1.82, 2.24) is 10.2 Å². The van der Waals surface area contributed by atoms with E-state index in [9.17, 15) is 13.2 Å². The fraction of sp³-hybridized carbons (Fsp3) is 0.611. The summed E-state index contributed by atoms with van der Waals surface area (Å²) in [5, 5.41) is 2.29. The van der Waals surface area contributed by atoms with Crippen molar-refractivity contribution in [2.45, 2.75) is 44.4 Å². The van der Waals surface area contributed by atoms with Gasteiger partial charge in [-0.3, -0.25) is 0 Å². The van der Waals surface area contributed by atoms with E-state index in [1.54, 1.807) is 18.7 Å². The number of hydrogen-bond acceptors (Lipinski definition) is 4. The number of carbonyl (C=O) groups is 1. The summed E-state index contributed by atoms with van der Waals surface area (Å²) >= 11 is 0. The number of ether oxygens (including phenoxy) is 1. The first-order valence-electron chi connectivity index (χ1n) is 8.89. The molecule has 1 aliphatic heterocycles. The third-order valence-corrected chi connectivity index (χ3v) is 7.61. The second kappa shape index (κ2) is 7.23. The first-order chi connectivity index (χ1) is 11.9. The lowest BCUT2D eigenvalue weighted by Gasteiger charge is -2.37. The molecular weight excluding hydrogens is 340 g/mol. The predicted octanol–water partition coefficient (Wildman–Crippen LogP) is 1.77. The van der Waals surface area contributed by atoms with Crippen molar-refractivity contribution in [2.24, 2.45) is 0 Å².